The van der Waals surface area contributed by atoms with Gasteiger partial charge in [0.05, 0.1) is 6.54 Å². The fourth-order valence-electron chi connectivity index (χ4n) is 3.62. The van der Waals surface area contributed by atoms with E-state index in [4.69, 9.17) is 4.42 Å². The minimum atomic E-state index is 0.450. The molecule has 0 saturated heterocycles. The van der Waals surface area contributed by atoms with Crippen LogP contribution in [0, 0.1) is 0 Å². The molecular weight excluding hydrogens is 378 g/mol. The van der Waals surface area contributed by atoms with Crippen molar-refractivity contribution in [1.29, 1.82) is 0 Å². The third-order valence-corrected chi connectivity index (χ3v) is 5.14. The Balaban J connectivity index is 1.33. The van der Waals surface area contributed by atoms with E-state index in [2.05, 4.69) is 42.3 Å². The molecule has 30 heavy (non-hydrogen) atoms. The van der Waals surface area contributed by atoms with Crippen LogP contribution in [0.15, 0.2) is 46.0 Å². The van der Waals surface area contributed by atoms with E-state index < -0.39 is 0 Å². The molecule has 0 bridgehead atoms. The Morgan fingerprint density at radius 1 is 1.13 bits per heavy atom. The smallest absolute Gasteiger partial charge is 0.226 e. The molecule has 0 atom stereocenters. The van der Waals surface area contributed by atoms with Gasteiger partial charge in [0.2, 0.25) is 5.89 Å². The van der Waals surface area contributed by atoms with Crippen LogP contribution in [0.4, 0.5) is 0 Å². The van der Waals surface area contributed by atoms with Gasteiger partial charge >= 0.3 is 0 Å². The van der Waals surface area contributed by atoms with Gasteiger partial charge in [-0.1, -0.05) is 24.6 Å². The summed E-state index contributed by atoms with van der Waals surface area (Å²) in [6, 6.07) is 9.88. The number of benzene rings is 1. The van der Waals surface area contributed by atoms with Crippen LogP contribution in [0.25, 0.3) is 11.5 Å². The standard InChI is InChI=1S/C22H29N7O/c1-2-23-22(24-13-12-20-28-27-19-11-7-4-8-14-29(19)20)25-15-18-16-30-21(26-18)17-9-5-3-6-10-17/h3,5-6,9-10,16H,2,4,7-8,11-15H2,1H3,(H2,23,24,25). The van der Waals surface area contributed by atoms with Crippen molar-refractivity contribution in [2.45, 2.75) is 52.1 Å². The van der Waals surface area contributed by atoms with Crippen molar-refractivity contribution in [2.75, 3.05) is 13.1 Å². The number of nitrogens with one attached hydrogen (secondary N) is 2. The lowest BCUT2D eigenvalue weighted by atomic mass is 10.2. The lowest BCUT2D eigenvalue weighted by molar-refractivity contribution is 0.572. The second-order valence-corrected chi connectivity index (χ2v) is 7.38. The average Bonchev–Trinajstić information content (AvgIpc) is 3.33. The van der Waals surface area contributed by atoms with E-state index >= 15 is 0 Å². The zero-order valence-electron chi connectivity index (χ0n) is 17.5. The highest BCUT2D eigenvalue weighted by Gasteiger charge is 2.14. The fraction of sp³-hybridized carbons (Fsp3) is 0.455. The molecular formula is C22H29N7O. The van der Waals surface area contributed by atoms with Crippen LogP contribution in [-0.2, 0) is 25.9 Å². The molecule has 4 rings (SSSR count). The van der Waals surface area contributed by atoms with Crippen molar-refractivity contribution in [2.24, 2.45) is 4.99 Å². The van der Waals surface area contributed by atoms with E-state index in [0.29, 0.717) is 12.4 Å². The van der Waals surface area contributed by atoms with Crippen LogP contribution in [0.2, 0.25) is 0 Å². The maximum absolute atomic E-state index is 5.60. The first-order valence-electron chi connectivity index (χ1n) is 10.8. The molecule has 1 aromatic carbocycles. The first-order chi connectivity index (χ1) is 14.8. The number of aromatic nitrogens is 4. The Morgan fingerprint density at radius 3 is 2.90 bits per heavy atom. The van der Waals surface area contributed by atoms with Crippen LogP contribution in [0.1, 0.15) is 43.5 Å². The maximum atomic E-state index is 5.60. The summed E-state index contributed by atoms with van der Waals surface area (Å²) in [6.45, 7) is 5.07. The van der Waals surface area contributed by atoms with Crippen molar-refractivity contribution in [3.05, 3.63) is 53.9 Å². The number of aryl methyl sites for hydroxylation is 1. The maximum Gasteiger partial charge on any atom is 0.226 e. The first kappa shape index (κ1) is 20.1. The molecule has 2 N–H and O–H groups in total. The van der Waals surface area contributed by atoms with Crippen molar-refractivity contribution in [1.82, 2.24) is 30.4 Å². The van der Waals surface area contributed by atoms with Gasteiger partial charge in [-0.2, -0.15) is 0 Å². The van der Waals surface area contributed by atoms with Crippen LogP contribution in [0.5, 0.6) is 0 Å². The summed E-state index contributed by atoms with van der Waals surface area (Å²) in [5.74, 6) is 3.56. The number of hydrogen-bond acceptors (Lipinski definition) is 5. The third-order valence-electron chi connectivity index (χ3n) is 5.14. The van der Waals surface area contributed by atoms with Gasteiger partial charge in [-0.05, 0) is 31.9 Å². The van der Waals surface area contributed by atoms with Crippen molar-refractivity contribution in [3.63, 3.8) is 0 Å². The highest BCUT2D eigenvalue weighted by Crippen LogP contribution is 2.18. The predicted octanol–water partition coefficient (Wildman–Crippen LogP) is 2.96. The summed E-state index contributed by atoms with van der Waals surface area (Å²) in [6.07, 6.45) is 7.21. The molecule has 3 aromatic rings. The molecule has 0 saturated carbocycles. The highest BCUT2D eigenvalue weighted by molar-refractivity contribution is 5.79. The molecule has 8 nitrogen and oxygen atoms in total. The van der Waals surface area contributed by atoms with E-state index in [1.807, 2.05) is 30.3 Å². The summed E-state index contributed by atoms with van der Waals surface area (Å²) in [7, 11) is 0. The van der Waals surface area contributed by atoms with E-state index in [9.17, 15) is 0 Å². The molecule has 0 aliphatic carbocycles. The minimum Gasteiger partial charge on any atom is -0.444 e. The third kappa shape index (κ3) is 5.06. The normalized spacial score (nSPS) is 14.2. The predicted molar refractivity (Wildman–Crippen MR) is 116 cm³/mol. The fourth-order valence-corrected chi connectivity index (χ4v) is 3.62. The van der Waals surface area contributed by atoms with Gasteiger partial charge < -0.3 is 19.6 Å². The molecule has 0 amide bonds. The number of guanidine groups is 1. The number of hydrogen-bond donors (Lipinski definition) is 2. The van der Waals surface area contributed by atoms with E-state index in [1.54, 1.807) is 6.26 Å². The molecule has 0 spiro atoms. The molecule has 3 heterocycles. The highest BCUT2D eigenvalue weighted by atomic mass is 16.3. The Hall–Kier alpha value is -3.16. The Labute approximate surface area is 176 Å². The molecule has 1 aliphatic heterocycles. The second-order valence-electron chi connectivity index (χ2n) is 7.38. The average molecular weight is 408 g/mol. The van der Waals surface area contributed by atoms with Gasteiger partial charge in [0.1, 0.15) is 23.6 Å². The molecule has 0 radical (unpaired) electrons. The molecule has 0 fully saturated rings. The van der Waals surface area contributed by atoms with Gasteiger partial charge in [-0.25, -0.2) is 9.98 Å². The van der Waals surface area contributed by atoms with Crippen LogP contribution < -0.4 is 10.6 Å². The van der Waals surface area contributed by atoms with Gasteiger partial charge in [0.15, 0.2) is 5.96 Å². The second kappa shape index (κ2) is 10.0. The van der Waals surface area contributed by atoms with Crippen molar-refractivity contribution in [3.8, 4) is 11.5 Å². The summed E-state index contributed by atoms with van der Waals surface area (Å²) >= 11 is 0. The minimum absolute atomic E-state index is 0.450. The summed E-state index contributed by atoms with van der Waals surface area (Å²) in [5.41, 5.74) is 1.76. The molecule has 1 aliphatic rings. The van der Waals surface area contributed by atoms with Gasteiger partial charge in [0.25, 0.3) is 0 Å². The van der Waals surface area contributed by atoms with Crippen molar-refractivity contribution < 1.29 is 4.42 Å². The lowest BCUT2D eigenvalue weighted by Gasteiger charge is -2.11. The largest absolute Gasteiger partial charge is 0.444 e. The zero-order valence-corrected chi connectivity index (χ0v) is 17.5. The number of rotatable bonds is 7. The monoisotopic (exact) mass is 407 g/mol. The van der Waals surface area contributed by atoms with E-state index in [0.717, 1.165) is 61.3 Å². The van der Waals surface area contributed by atoms with Gasteiger partial charge in [-0.3, -0.25) is 0 Å². The quantitative estimate of drug-likeness (QED) is 0.462. The topological polar surface area (TPSA) is 93.2 Å². The van der Waals surface area contributed by atoms with E-state index in [1.165, 1.54) is 19.3 Å². The molecule has 8 heteroatoms. The Bertz CT molecular complexity index is 961. The summed E-state index contributed by atoms with van der Waals surface area (Å²) < 4.78 is 7.89. The molecule has 158 valence electrons. The number of nitrogens with zero attached hydrogens (tertiary/aromatic N) is 5. The molecule has 0 unspecified atom stereocenters. The van der Waals surface area contributed by atoms with Gasteiger partial charge in [0, 0.05) is 38.0 Å². The summed E-state index contributed by atoms with van der Waals surface area (Å²) in [4.78, 5) is 9.18. The van der Waals surface area contributed by atoms with Crippen LogP contribution in [-0.4, -0.2) is 38.8 Å². The Kier molecular flexibility index (Phi) is 6.74. The SMILES string of the molecule is CCNC(=NCc1coc(-c2ccccc2)n1)NCCc1nnc2n1CCCCC2. The van der Waals surface area contributed by atoms with Crippen LogP contribution in [0.3, 0.4) is 0 Å². The number of oxazole rings is 1. The first-order valence-corrected chi connectivity index (χ1v) is 10.8. The Morgan fingerprint density at radius 2 is 2.03 bits per heavy atom. The van der Waals surface area contributed by atoms with Gasteiger partial charge in [-0.15, -0.1) is 10.2 Å². The number of aliphatic imine (C=N–C) groups is 1. The summed E-state index contributed by atoms with van der Waals surface area (Å²) in [5, 5.41) is 15.4. The lowest BCUT2D eigenvalue weighted by Crippen LogP contribution is -2.38. The van der Waals surface area contributed by atoms with Crippen LogP contribution >= 0.6 is 0 Å². The van der Waals surface area contributed by atoms with Crippen molar-refractivity contribution >= 4 is 5.96 Å². The zero-order chi connectivity index (χ0) is 20.6. The van der Waals surface area contributed by atoms with E-state index in [-0.39, 0.29) is 0 Å². The number of fused-ring (bicyclic) bond motifs is 1. The molecule has 2 aromatic heterocycles.